The second-order valence-corrected chi connectivity index (χ2v) is 6.81. The molecule has 0 radical (unpaired) electrons. The molecule has 0 aliphatic heterocycles. The number of anilines is 1. The van der Waals surface area contributed by atoms with Gasteiger partial charge in [-0.25, -0.2) is 15.0 Å². The van der Waals surface area contributed by atoms with E-state index >= 15 is 0 Å². The molecule has 1 aromatic carbocycles. The Morgan fingerprint density at radius 2 is 1.76 bits per heavy atom. The average Bonchev–Trinajstić information content (AvgIpc) is 3.28. The number of hydrogen-bond donors (Lipinski definition) is 2. The van der Waals surface area contributed by atoms with E-state index in [4.69, 9.17) is 4.98 Å². The molecule has 0 spiro atoms. The molecular formula is C23H24N6. The van der Waals surface area contributed by atoms with Gasteiger partial charge in [0.1, 0.15) is 11.6 Å². The Hall–Kier alpha value is -3.54. The number of benzene rings is 1. The molecule has 2 N–H and O–H groups in total. The third-order valence-electron chi connectivity index (χ3n) is 4.82. The molecule has 4 aromatic rings. The summed E-state index contributed by atoms with van der Waals surface area (Å²) in [6.45, 7) is 4.23. The molecule has 0 fully saturated rings. The molecule has 6 heteroatoms. The van der Waals surface area contributed by atoms with Crippen molar-refractivity contribution in [3.63, 3.8) is 0 Å². The lowest BCUT2D eigenvalue weighted by Gasteiger charge is -2.17. The van der Waals surface area contributed by atoms with Crippen molar-refractivity contribution in [2.45, 2.75) is 32.7 Å². The molecule has 0 aliphatic carbocycles. The van der Waals surface area contributed by atoms with Crippen molar-refractivity contribution < 1.29 is 0 Å². The minimum atomic E-state index is 0.0253. The third kappa shape index (κ3) is 4.32. The summed E-state index contributed by atoms with van der Waals surface area (Å²) in [7, 11) is 0. The summed E-state index contributed by atoms with van der Waals surface area (Å²) in [5, 5.41) is 3.53. The number of imidazole rings is 1. The van der Waals surface area contributed by atoms with Crippen LogP contribution in [0, 0.1) is 0 Å². The first kappa shape index (κ1) is 18.8. The predicted molar refractivity (Wildman–Crippen MR) is 115 cm³/mol. The molecule has 0 saturated carbocycles. The third-order valence-corrected chi connectivity index (χ3v) is 4.82. The summed E-state index contributed by atoms with van der Waals surface area (Å²) in [5.41, 5.74) is 4.08. The lowest BCUT2D eigenvalue weighted by molar-refractivity contribution is 0.700. The van der Waals surface area contributed by atoms with Gasteiger partial charge in [0.15, 0.2) is 5.82 Å². The number of nitrogens with zero attached hydrogens (tertiary/aromatic N) is 4. The lowest BCUT2D eigenvalue weighted by Crippen LogP contribution is -2.13. The summed E-state index contributed by atoms with van der Waals surface area (Å²) in [4.78, 5) is 21.6. The standard InChI is InChI=1S/C23H24N6/c1-3-18-14-21(29-22(26-18)17-10-12-24-13-11-17)27-19(4-2)23-25-15-20(28-23)16-8-6-5-7-9-16/h5-15,19H,3-4H2,1-2H3,(H,25,28)(H,26,27,29)/t19-/m0/s1. The highest BCUT2D eigenvalue weighted by atomic mass is 15.1. The molecule has 29 heavy (non-hydrogen) atoms. The van der Waals surface area contributed by atoms with Crippen LogP contribution in [0.2, 0.25) is 0 Å². The second kappa shape index (κ2) is 8.65. The van der Waals surface area contributed by atoms with E-state index in [1.165, 1.54) is 0 Å². The first-order chi connectivity index (χ1) is 14.3. The molecule has 0 saturated heterocycles. The van der Waals surface area contributed by atoms with Gasteiger partial charge in [-0.3, -0.25) is 4.98 Å². The minimum Gasteiger partial charge on any atom is -0.360 e. The number of aromatic nitrogens is 5. The zero-order valence-electron chi connectivity index (χ0n) is 16.6. The fourth-order valence-corrected chi connectivity index (χ4v) is 3.20. The van der Waals surface area contributed by atoms with E-state index in [2.05, 4.69) is 51.2 Å². The van der Waals surface area contributed by atoms with E-state index in [9.17, 15) is 0 Å². The van der Waals surface area contributed by atoms with Crippen LogP contribution in [0.1, 0.15) is 37.8 Å². The quantitative estimate of drug-likeness (QED) is 0.466. The molecule has 4 rings (SSSR count). The molecular weight excluding hydrogens is 360 g/mol. The van der Waals surface area contributed by atoms with E-state index in [0.29, 0.717) is 5.82 Å². The summed E-state index contributed by atoms with van der Waals surface area (Å²) < 4.78 is 0. The van der Waals surface area contributed by atoms with Gasteiger partial charge in [-0.2, -0.15) is 0 Å². The van der Waals surface area contributed by atoms with Crippen molar-refractivity contribution in [3.05, 3.63) is 78.6 Å². The molecule has 1 atom stereocenters. The van der Waals surface area contributed by atoms with Crippen LogP contribution >= 0.6 is 0 Å². The SMILES string of the molecule is CCc1cc(N[C@@H](CC)c2ncc(-c3ccccc3)[nH]2)nc(-c2ccncc2)n1. The average molecular weight is 384 g/mol. The van der Waals surface area contributed by atoms with Gasteiger partial charge in [0.25, 0.3) is 0 Å². The van der Waals surface area contributed by atoms with Crippen molar-refractivity contribution in [1.82, 2.24) is 24.9 Å². The highest BCUT2D eigenvalue weighted by Crippen LogP contribution is 2.25. The number of H-pyrrole nitrogens is 1. The van der Waals surface area contributed by atoms with Crippen LogP contribution in [0.4, 0.5) is 5.82 Å². The second-order valence-electron chi connectivity index (χ2n) is 6.81. The fraction of sp³-hybridized carbons (Fsp3) is 0.217. The number of aromatic amines is 1. The van der Waals surface area contributed by atoms with Gasteiger partial charge in [-0.15, -0.1) is 0 Å². The van der Waals surface area contributed by atoms with Crippen LogP contribution in [0.15, 0.2) is 67.1 Å². The summed E-state index contributed by atoms with van der Waals surface area (Å²) in [6, 6.07) is 16.1. The van der Waals surface area contributed by atoms with E-state index in [1.807, 2.05) is 42.6 Å². The van der Waals surface area contributed by atoms with Crippen LogP contribution in [0.5, 0.6) is 0 Å². The van der Waals surface area contributed by atoms with Crippen molar-refractivity contribution >= 4 is 5.82 Å². The number of aryl methyl sites for hydroxylation is 1. The Kier molecular flexibility index (Phi) is 5.61. The Labute approximate surface area is 170 Å². The maximum absolute atomic E-state index is 4.74. The number of pyridine rings is 1. The van der Waals surface area contributed by atoms with E-state index < -0.39 is 0 Å². The Balaban J connectivity index is 1.61. The number of nitrogens with one attached hydrogen (secondary N) is 2. The summed E-state index contributed by atoms with van der Waals surface area (Å²) >= 11 is 0. The Bertz CT molecular complexity index is 1060. The fourth-order valence-electron chi connectivity index (χ4n) is 3.20. The van der Waals surface area contributed by atoms with Gasteiger partial charge in [-0.05, 0) is 30.5 Å². The first-order valence-electron chi connectivity index (χ1n) is 9.92. The van der Waals surface area contributed by atoms with Gasteiger partial charge in [0.05, 0.1) is 17.9 Å². The lowest BCUT2D eigenvalue weighted by atomic mass is 10.2. The van der Waals surface area contributed by atoms with Crippen molar-refractivity contribution in [1.29, 1.82) is 0 Å². The van der Waals surface area contributed by atoms with Crippen LogP contribution in [-0.2, 0) is 6.42 Å². The van der Waals surface area contributed by atoms with E-state index in [0.717, 1.165) is 47.0 Å². The van der Waals surface area contributed by atoms with Gasteiger partial charge in [-0.1, -0.05) is 44.2 Å². The largest absolute Gasteiger partial charge is 0.360 e. The Morgan fingerprint density at radius 1 is 0.966 bits per heavy atom. The highest BCUT2D eigenvalue weighted by molar-refractivity contribution is 5.59. The molecule has 0 unspecified atom stereocenters. The zero-order valence-corrected chi connectivity index (χ0v) is 16.6. The molecule has 146 valence electrons. The number of rotatable bonds is 7. The maximum Gasteiger partial charge on any atom is 0.161 e. The monoisotopic (exact) mass is 384 g/mol. The maximum atomic E-state index is 4.74. The van der Waals surface area contributed by atoms with Crippen LogP contribution in [-0.4, -0.2) is 24.9 Å². The highest BCUT2D eigenvalue weighted by Gasteiger charge is 2.16. The molecule has 0 bridgehead atoms. The molecule has 0 aliphatic rings. The summed E-state index contributed by atoms with van der Waals surface area (Å²) in [5.74, 6) is 2.40. The van der Waals surface area contributed by atoms with Gasteiger partial charge in [0.2, 0.25) is 0 Å². The van der Waals surface area contributed by atoms with Gasteiger partial charge in [0, 0.05) is 29.7 Å². The van der Waals surface area contributed by atoms with Crippen molar-refractivity contribution in [2.24, 2.45) is 0 Å². The Morgan fingerprint density at radius 3 is 2.48 bits per heavy atom. The zero-order chi connectivity index (χ0) is 20.1. The van der Waals surface area contributed by atoms with Crippen LogP contribution in [0.25, 0.3) is 22.6 Å². The van der Waals surface area contributed by atoms with Gasteiger partial charge < -0.3 is 10.3 Å². The topological polar surface area (TPSA) is 79.4 Å². The predicted octanol–water partition coefficient (Wildman–Crippen LogP) is 5.05. The molecule has 3 heterocycles. The number of hydrogen-bond acceptors (Lipinski definition) is 5. The summed E-state index contributed by atoms with van der Waals surface area (Å²) in [6.07, 6.45) is 7.11. The van der Waals surface area contributed by atoms with Crippen LogP contribution in [0.3, 0.4) is 0 Å². The van der Waals surface area contributed by atoms with Crippen LogP contribution < -0.4 is 5.32 Å². The normalized spacial score (nSPS) is 11.9. The van der Waals surface area contributed by atoms with Crippen molar-refractivity contribution in [3.8, 4) is 22.6 Å². The molecule has 6 nitrogen and oxygen atoms in total. The smallest absolute Gasteiger partial charge is 0.161 e. The first-order valence-corrected chi connectivity index (χ1v) is 9.92. The van der Waals surface area contributed by atoms with E-state index in [-0.39, 0.29) is 6.04 Å². The molecule has 3 aromatic heterocycles. The molecule has 0 amide bonds. The van der Waals surface area contributed by atoms with Crippen molar-refractivity contribution in [2.75, 3.05) is 5.32 Å². The minimum absolute atomic E-state index is 0.0253. The van der Waals surface area contributed by atoms with Gasteiger partial charge >= 0.3 is 0 Å². The van der Waals surface area contributed by atoms with E-state index in [1.54, 1.807) is 12.4 Å².